The number of pyridine rings is 1. The second-order valence-electron chi connectivity index (χ2n) is 4.27. The number of carbonyl (C=O) groups is 2. The molecule has 1 aliphatic carbocycles. The molecule has 0 saturated heterocycles. The zero-order valence-electron chi connectivity index (χ0n) is 9.87. The molecule has 1 aliphatic rings. The maximum absolute atomic E-state index is 11.9. The number of hydrogen-bond acceptors (Lipinski definition) is 3. The SMILES string of the molecule is O=C(O)CN(C(=O)NCc1cccnc1)C1CC1. The van der Waals surface area contributed by atoms with Gasteiger partial charge in [0.25, 0.3) is 0 Å². The highest BCUT2D eigenvalue weighted by Gasteiger charge is 2.33. The fourth-order valence-corrected chi connectivity index (χ4v) is 1.68. The van der Waals surface area contributed by atoms with Gasteiger partial charge in [-0.05, 0) is 24.5 Å². The lowest BCUT2D eigenvalue weighted by Gasteiger charge is -2.20. The Balaban J connectivity index is 1.87. The molecule has 2 rings (SSSR count). The molecule has 0 unspecified atom stereocenters. The van der Waals surface area contributed by atoms with Crippen molar-refractivity contribution in [2.45, 2.75) is 25.4 Å². The van der Waals surface area contributed by atoms with Crippen LogP contribution in [0.5, 0.6) is 0 Å². The number of nitrogens with zero attached hydrogens (tertiary/aromatic N) is 2. The zero-order chi connectivity index (χ0) is 13.0. The van der Waals surface area contributed by atoms with Crippen LogP contribution in [0.25, 0.3) is 0 Å². The summed E-state index contributed by atoms with van der Waals surface area (Å²) in [6.45, 7) is 0.110. The van der Waals surface area contributed by atoms with Crippen molar-refractivity contribution < 1.29 is 14.7 Å². The largest absolute Gasteiger partial charge is 0.480 e. The summed E-state index contributed by atoms with van der Waals surface area (Å²) in [5.41, 5.74) is 0.886. The van der Waals surface area contributed by atoms with Crippen LogP contribution in [0.3, 0.4) is 0 Å². The molecule has 2 N–H and O–H groups in total. The van der Waals surface area contributed by atoms with Crippen LogP contribution in [0.15, 0.2) is 24.5 Å². The molecule has 18 heavy (non-hydrogen) atoms. The summed E-state index contributed by atoms with van der Waals surface area (Å²) in [6, 6.07) is 3.39. The van der Waals surface area contributed by atoms with Crippen molar-refractivity contribution in [3.8, 4) is 0 Å². The first-order chi connectivity index (χ1) is 8.66. The van der Waals surface area contributed by atoms with E-state index in [-0.39, 0.29) is 18.6 Å². The van der Waals surface area contributed by atoms with Crippen molar-refractivity contribution in [3.63, 3.8) is 0 Å². The lowest BCUT2D eigenvalue weighted by Crippen LogP contribution is -2.43. The number of amides is 2. The Kier molecular flexibility index (Phi) is 3.76. The molecule has 2 amide bonds. The lowest BCUT2D eigenvalue weighted by atomic mass is 10.3. The topological polar surface area (TPSA) is 82.5 Å². The fraction of sp³-hybridized carbons (Fsp3) is 0.417. The third kappa shape index (κ3) is 3.44. The van der Waals surface area contributed by atoms with Gasteiger partial charge in [-0.25, -0.2) is 4.79 Å². The molecule has 0 radical (unpaired) electrons. The molecular weight excluding hydrogens is 234 g/mol. The van der Waals surface area contributed by atoms with E-state index in [0.717, 1.165) is 18.4 Å². The van der Waals surface area contributed by atoms with Crippen LogP contribution in [-0.4, -0.2) is 39.6 Å². The quantitative estimate of drug-likeness (QED) is 0.810. The summed E-state index contributed by atoms with van der Waals surface area (Å²) in [5.74, 6) is -0.988. The Labute approximate surface area is 105 Å². The summed E-state index contributed by atoms with van der Waals surface area (Å²) >= 11 is 0. The molecule has 0 aromatic carbocycles. The van der Waals surface area contributed by atoms with Crippen molar-refractivity contribution in [1.29, 1.82) is 0 Å². The maximum Gasteiger partial charge on any atom is 0.323 e. The van der Waals surface area contributed by atoms with Crippen LogP contribution in [0.2, 0.25) is 0 Å². The number of aliphatic carboxylic acids is 1. The zero-order valence-corrected chi connectivity index (χ0v) is 9.87. The molecule has 1 fully saturated rings. The molecule has 0 bridgehead atoms. The molecule has 1 heterocycles. The van der Waals surface area contributed by atoms with Gasteiger partial charge in [0.2, 0.25) is 0 Å². The van der Waals surface area contributed by atoms with Crippen molar-refractivity contribution in [2.75, 3.05) is 6.54 Å². The molecule has 1 aromatic heterocycles. The highest BCUT2D eigenvalue weighted by Crippen LogP contribution is 2.26. The summed E-state index contributed by atoms with van der Waals surface area (Å²) in [4.78, 5) is 27.9. The number of carbonyl (C=O) groups excluding carboxylic acids is 1. The molecule has 0 spiro atoms. The van der Waals surface area contributed by atoms with E-state index in [1.807, 2.05) is 6.07 Å². The minimum atomic E-state index is -0.988. The van der Waals surface area contributed by atoms with Crippen LogP contribution in [0.4, 0.5) is 4.79 Å². The van der Waals surface area contributed by atoms with Crippen molar-refractivity contribution in [1.82, 2.24) is 15.2 Å². The maximum atomic E-state index is 11.9. The standard InChI is InChI=1S/C12H15N3O3/c16-11(17)8-15(10-3-4-10)12(18)14-7-9-2-1-5-13-6-9/h1-2,5-6,10H,3-4,7-8H2,(H,14,18)(H,16,17). The number of urea groups is 1. The molecule has 1 saturated carbocycles. The van der Waals surface area contributed by atoms with Gasteiger partial charge in [-0.2, -0.15) is 0 Å². The number of aromatic nitrogens is 1. The number of carboxylic acid groups (broad SMARTS) is 1. The number of rotatable bonds is 5. The van der Waals surface area contributed by atoms with E-state index in [2.05, 4.69) is 10.3 Å². The predicted molar refractivity (Wildman–Crippen MR) is 63.8 cm³/mol. The second-order valence-corrected chi connectivity index (χ2v) is 4.27. The van der Waals surface area contributed by atoms with Gasteiger partial charge in [0.05, 0.1) is 0 Å². The predicted octanol–water partition coefficient (Wildman–Crippen LogP) is 0.840. The van der Waals surface area contributed by atoms with E-state index >= 15 is 0 Å². The number of hydrogen-bond donors (Lipinski definition) is 2. The average Bonchev–Trinajstić information content (AvgIpc) is 3.18. The van der Waals surface area contributed by atoms with Crippen LogP contribution in [-0.2, 0) is 11.3 Å². The normalized spacial score (nSPS) is 14.0. The summed E-state index contributed by atoms with van der Waals surface area (Å²) in [6.07, 6.45) is 5.09. The van der Waals surface area contributed by atoms with Crippen LogP contribution < -0.4 is 5.32 Å². The van der Waals surface area contributed by atoms with E-state index in [1.165, 1.54) is 4.90 Å². The smallest absolute Gasteiger partial charge is 0.323 e. The van der Waals surface area contributed by atoms with Gasteiger partial charge < -0.3 is 15.3 Å². The summed E-state index contributed by atoms with van der Waals surface area (Å²) in [7, 11) is 0. The molecular formula is C12H15N3O3. The van der Waals surface area contributed by atoms with Gasteiger partial charge in [0.15, 0.2) is 0 Å². The first-order valence-electron chi connectivity index (χ1n) is 5.82. The average molecular weight is 249 g/mol. The van der Waals surface area contributed by atoms with E-state index in [4.69, 9.17) is 5.11 Å². The van der Waals surface area contributed by atoms with Crippen molar-refractivity contribution in [2.24, 2.45) is 0 Å². The highest BCUT2D eigenvalue weighted by atomic mass is 16.4. The molecule has 96 valence electrons. The Hall–Kier alpha value is -2.11. The van der Waals surface area contributed by atoms with Gasteiger partial charge in [0.1, 0.15) is 6.54 Å². The van der Waals surface area contributed by atoms with Crippen molar-refractivity contribution in [3.05, 3.63) is 30.1 Å². The van der Waals surface area contributed by atoms with Crippen LogP contribution in [0.1, 0.15) is 18.4 Å². The Bertz CT molecular complexity index is 431. The molecule has 0 atom stereocenters. The first-order valence-corrected chi connectivity index (χ1v) is 5.82. The summed E-state index contributed by atoms with van der Waals surface area (Å²) in [5, 5.41) is 11.5. The lowest BCUT2D eigenvalue weighted by molar-refractivity contribution is -0.137. The third-order valence-electron chi connectivity index (χ3n) is 2.72. The Morgan fingerprint density at radius 2 is 2.28 bits per heavy atom. The van der Waals surface area contributed by atoms with Crippen molar-refractivity contribution >= 4 is 12.0 Å². The van der Waals surface area contributed by atoms with Gasteiger partial charge in [-0.15, -0.1) is 0 Å². The fourth-order valence-electron chi connectivity index (χ4n) is 1.68. The first kappa shape index (κ1) is 12.3. The monoisotopic (exact) mass is 249 g/mol. The Morgan fingerprint density at radius 1 is 1.50 bits per heavy atom. The van der Waals surface area contributed by atoms with Gasteiger partial charge in [0, 0.05) is 25.0 Å². The van der Waals surface area contributed by atoms with E-state index < -0.39 is 5.97 Å². The third-order valence-corrected chi connectivity index (χ3v) is 2.72. The number of nitrogens with one attached hydrogen (secondary N) is 1. The minimum absolute atomic E-state index is 0.0787. The van der Waals surface area contributed by atoms with E-state index in [9.17, 15) is 9.59 Å². The summed E-state index contributed by atoms with van der Waals surface area (Å²) < 4.78 is 0. The molecule has 6 heteroatoms. The highest BCUT2D eigenvalue weighted by molar-refractivity contribution is 5.80. The van der Waals surface area contributed by atoms with E-state index in [0.29, 0.717) is 6.54 Å². The number of carboxylic acids is 1. The Morgan fingerprint density at radius 3 is 2.83 bits per heavy atom. The van der Waals surface area contributed by atoms with Crippen LogP contribution in [0, 0.1) is 0 Å². The molecule has 6 nitrogen and oxygen atoms in total. The molecule has 1 aromatic rings. The van der Waals surface area contributed by atoms with E-state index in [1.54, 1.807) is 18.5 Å². The van der Waals surface area contributed by atoms with Gasteiger partial charge >= 0.3 is 12.0 Å². The molecule has 0 aliphatic heterocycles. The second kappa shape index (κ2) is 5.48. The van der Waals surface area contributed by atoms with Gasteiger partial charge in [-0.3, -0.25) is 9.78 Å². The minimum Gasteiger partial charge on any atom is -0.480 e. The van der Waals surface area contributed by atoms with Crippen LogP contribution >= 0.6 is 0 Å². The van der Waals surface area contributed by atoms with Gasteiger partial charge in [-0.1, -0.05) is 6.07 Å².